The average Bonchev–Trinajstić information content (AvgIpc) is 2.28. The van der Waals surface area contributed by atoms with Crippen molar-refractivity contribution in [3.63, 3.8) is 0 Å². The Morgan fingerprint density at radius 1 is 1.56 bits per heavy atom. The smallest absolute Gasteiger partial charge is 0.304 e. The van der Waals surface area contributed by atoms with Crippen LogP contribution in [-0.4, -0.2) is 32.9 Å². The number of carboxylic acids is 1. The van der Waals surface area contributed by atoms with Gasteiger partial charge in [-0.15, -0.1) is 0 Å². The van der Waals surface area contributed by atoms with Gasteiger partial charge >= 0.3 is 5.97 Å². The molecular formula is C12H15BrO4S. The van der Waals surface area contributed by atoms with Crippen molar-refractivity contribution in [2.45, 2.75) is 18.6 Å². The SMILES string of the molecule is CC(CC(=O)O)S(=O)CCOc1cccc(Br)c1. The highest BCUT2D eigenvalue weighted by Crippen LogP contribution is 2.17. The van der Waals surface area contributed by atoms with Crippen LogP contribution in [0.4, 0.5) is 0 Å². The van der Waals surface area contributed by atoms with Crippen molar-refractivity contribution >= 4 is 32.7 Å². The maximum absolute atomic E-state index is 11.7. The normalized spacial score (nSPS) is 13.9. The first-order chi connectivity index (χ1) is 8.49. The molecule has 1 N–H and O–H groups in total. The molecule has 0 aliphatic carbocycles. The van der Waals surface area contributed by atoms with E-state index in [4.69, 9.17) is 9.84 Å². The quantitative estimate of drug-likeness (QED) is 0.831. The number of benzene rings is 1. The van der Waals surface area contributed by atoms with E-state index in [1.165, 1.54) is 0 Å². The first-order valence-corrected chi connectivity index (χ1v) is 7.64. The highest BCUT2D eigenvalue weighted by Gasteiger charge is 2.14. The first kappa shape index (κ1) is 15.2. The topological polar surface area (TPSA) is 63.6 Å². The minimum atomic E-state index is -1.18. The zero-order valence-corrected chi connectivity index (χ0v) is 12.4. The van der Waals surface area contributed by atoms with Gasteiger partial charge < -0.3 is 9.84 Å². The molecule has 2 unspecified atom stereocenters. The molecule has 1 aromatic rings. The molecule has 0 saturated heterocycles. The highest BCUT2D eigenvalue weighted by atomic mass is 79.9. The maximum Gasteiger partial charge on any atom is 0.304 e. The van der Waals surface area contributed by atoms with Gasteiger partial charge in [-0.1, -0.05) is 28.9 Å². The Kier molecular flexibility index (Phi) is 6.35. The van der Waals surface area contributed by atoms with E-state index in [1.54, 1.807) is 6.92 Å². The molecule has 1 aromatic carbocycles. The van der Waals surface area contributed by atoms with Crippen LogP contribution in [0.2, 0.25) is 0 Å². The van der Waals surface area contributed by atoms with Gasteiger partial charge in [0.2, 0.25) is 0 Å². The first-order valence-electron chi connectivity index (χ1n) is 5.46. The minimum absolute atomic E-state index is 0.0799. The van der Waals surface area contributed by atoms with Gasteiger partial charge in [-0.2, -0.15) is 0 Å². The second kappa shape index (κ2) is 7.53. The van der Waals surface area contributed by atoms with Crippen molar-refractivity contribution in [3.8, 4) is 5.75 Å². The molecule has 0 spiro atoms. The summed E-state index contributed by atoms with van der Waals surface area (Å²) < 4.78 is 18.1. The van der Waals surface area contributed by atoms with Crippen molar-refractivity contribution in [2.24, 2.45) is 0 Å². The van der Waals surface area contributed by atoms with Gasteiger partial charge in [0, 0.05) is 20.5 Å². The highest BCUT2D eigenvalue weighted by molar-refractivity contribution is 9.10. The van der Waals surface area contributed by atoms with Crippen LogP contribution < -0.4 is 4.74 Å². The largest absolute Gasteiger partial charge is 0.493 e. The average molecular weight is 335 g/mol. The molecule has 0 bridgehead atoms. The lowest BCUT2D eigenvalue weighted by Crippen LogP contribution is -2.21. The van der Waals surface area contributed by atoms with Gasteiger partial charge in [-0.3, -0.25) is 9.00 Å². The molecule has 0 fully saturated rings. The van der Waals surface area contributed by atoms with Gasteiger partial charge in [0.15, 0.2) is 0 Å². The Bertz CT molecular complexity index is 436. The van der Waals surface area contributed by atoms with Crippen molar-refractivity contribution in [3.05, 3.63) is 28.7 Å². The number of aliphatic carboxylic acids is 1. The van der Waals surface area contributed by atoms with Crippen LogP contribution in [0, 0.1) is 0 Å². The lowest BCUT2D eigenvalue weighted by atomic mass is 10.3. The molecule has 18 heavy (non-hydrogen) atoms. The van der Waals surface area contributed by atoms with E-state index in [0.717, 1.165) is 4.47 Å². The number of carbonyl (C=O) groups is 1. The van der Waals surface area contributed by atoms with E-state index in [9.17, 15) is 9.00 Å². The third-order valence-corrected chi connectivity index (χ3v) is 4.39. The van der Waals surface area contributed by atoms with Crippen LogP contribution in [-0.2, 0) is 15.6 Å². The lowest BCUT2D eigenvalue weighted by Gasteiger charge is -2.10. The number of carboxylic acid groups (broad SMARTS) is 1. The van der Waals surface area contributed by atoms with Crippen LogP contribution in [0.1, 0.15) is 13.3 Å². The fourth-order valence-corrected chi connectivity index (χ4v) is 2.70. The van der Waals surface area contributed by atoms with Crippen LogP contribution in [0.3, 0.4) is 0 Å². The van der Waals surface area contributed by atoms with Crippen molar-refractivity contribution < 1.29 is 18.8 Å². The molecule has 1 rings (SSSR count). The summed E-state index contributed by atoms with van der Waals surface area (Å²) >= 11 is 3.33. The van der Waals surface area contributed by atoms with Gasteiger partial charge in [-0.05, 0) is 18.2 Å². The number of halogens is 1. The van der Waals surface area contributed by atoms with Crippen LogP contribution in [0.25, 0.3) is 0 Å². The Morgan fingerprint density at radius 2 is 2.28 bits per heavy atom. The summed E-state index contributed by atoms with van der Waals surface area (Å²) in [6.45, 7) is 1.98. The maximum atomic E-state index is 11.7. The summed E-state index contributed by atoms with van der Waals surface area (Å²) in [5.41, 5.74) is 0. The van der Waals surface area contributed by atoms with E-state index < -0.39 is 16.8 Å². The summed E-state index contributed by atoms with van der Waals surface area (Å²) in [5, 5.41) is 8.24. The summed E-state index contributed by atoms with van der Waals surface area (Å²) in [6.07, 6.45) is -0.0799. The van der Waals surface area contributed by atoms with Crippen LogP contribution in [0.15, 0.2) is 28.7 Å². The Balaban J connectivity index is 2.33. The third kappa shape index (κ3) is 5.64. The van der Waals surface area contributed by atoms with Gasteiger partial charge in [0.25, 0.3) is 0 Å². The molecule has 4 nitrogen and oxygen atoms in total. The Hall–Kier alpha value is -0.880. The standard InChI is InChI=1S/C12H15BrO4S/c1-9(7-12(14)15)18(16)6-5-17-11-4-2-3-10(13)8-11/h2-4,8-9H,5-7H2,1H3,(H,14,15). The summed E-state index contributed by atoms with van der Waals surface area (Å²) in [7, 11) is -1.18. The molecule has 0 radical (unpaired) electrons. The van der Waals surface area contributed by atoms with Gasteiger partial charge in [-0.25, -0.2) is 0 Å². The van der Waals surface area contributed by atoms with E-state index in [-0.39, 0.29) is 11.7 Å². The third-order valence-electron chi connectivity index (χ3n) is 2.26. The molecular weight excluding hydrogens is 320 g/mol. The van der Waals surface area contributed by atoms with E-state index >= 15 is 0 Å². The van der Waals surface area contributed by atoms with E-state index in [2.05, 4.69) is 15.9 Å². The summed E-state index contributed by atoms with van der Waals surface area (Å²) in [4.78, 5) is 10.5. The lowest BCUT2D eigenvalue weighted by molar-refractivity contribution is -0.136. The zero-order valence-electron chi connectivity index (χ0n) is 9.97. The van der Waals surface area contributed by atoms with E-state index in [0.29, 0.717) is 18.1 Å². The molecule has 0 aromatic heterocycles. The second-order valence-corrected chi connectivity index (χ2v) is 6.69. The zero-order chi connectivity index (χ0) is 13.5. The minimum Gasteiger partial charge on any atom is -0.493 e. The van der Waals surface area contributed by atoms with Gasteiger partial charge in [0.05, 0.1) is 18.8 Å². The van der Waals surface area contributed by atoms with E-state index in [1.807, 2.05) is 24.3 Å². The molecule has 0 heterocycles. The van der Waals surface area contributed by atoms with Crippen molar-refractivity contribution in [1.82, 2.24) is 0 Å². The molecule has 0 saturated carbocycles. The monoisotopic (exact) mass is 334 g/mol. The predicted molar refractivity (Wildman–Crippen MR) is 74.4 cm³/mol. The number of hydrogen-bond donors (Lipinski definition) is 1. The van der Waals surface area contributed by atoms with Gasteiger partial charge in [0.1, 0.15) is 5.75 Å². The second-order valence-electron chi connectivity index (χ2n) is 3.80. The van der Waals surface area contributed by atoms with Crippen LogP contribution >= 0.6 is 15.9 Å². The number of hydrogen-bond acceptors (Lipinski definition) is 3. The molecule has 0 amide bonds. The molecule has 6 heteroatoms. The van der Waals surface area contributed by atoms with Crippen molar-refractivity contribution in [1.29, 1.82) is 0 Å². The summed E-state index contributed by atoms with van der Waals surface area (Å²) in [5.74, 6) is 0.108. The Labute approximate surface area is 117 Å². The van der Waals surface area contributed by atoms with Crippen LogP contribution in [0.5, 0.6) is 5.75 Å². The van der Waals surface area contributed by atoms with Crippen molar-refractivity contribution in [2.75, 3.05) is 12.4 Å². The predicted octanol–water partition coefficient (Wildman–Crippen LogP) is 2.44. The molecule has 0 aliphatic heterocycles. The fraction of sp³-hybridized carbons (Fsp3) is 0.417. The molecule has 0 aliphatic rings. The summed E-state index contributed by atoms with van der Waals surface area (Å²) in [6, 6.07) is 7.38. The number of rotatable bonds is 7. The fourth-order valence-electron chi connectivity index (χ4n) is 1.34. The molecule has 2 atom stereocenters. The number of ether oxygens (including phenoxy) is 1. The Morgan fingerprint density at radius 3 is 2.89 bits per heavy atom. The molecule has 100 valence electrons.